The van der Waals surface area contributed by atoms with E-state index in [0.717, 1.165) is 19.3 Å². The van der Waals surface area contributed by atoms with Crippen LogP contribution in [0.2, 0.25) is 0 Å². The highest BCUT2D eigenvalue weighted by Gasteiger charge is 2.19. The van der Waals surface area contributed by atoms with Gasteiger partial charge in [0.25, 0.3) is 0 Å². The Labute approximate surface area is 170 Å². The molecular weight excluding hydrogens is 379 g/mol. The molecule has 1 unspecified atom stereocenters. The van der Waals surface area contributed by atoms with Gasteiger partial charge in [-0.25, -0.2) is 4.79 Å². The van der Waals surface area contributed by atoms with Crippen molar-refractivity contribution in [3.8, 4) is 0 Å². The van der Waals surface area contributed by atoms with E-state index >= 15 is 0 Å². The van der Waals surface area contributed by atoms with Crippen LogP contribution < -0.4 is 0 Å². The van der Waals surface area contributed by atoms with Gasteiger partial charge >= 0.3 is 11.9 Å². The van der Waals surface area contributed by atoms with E-state index in [4.69, 9.17) is 9.47 Å². The fourth-order valence-corrected chi connectivity index (χ4v) is 4.18. The minimum atomic E-state index is -3.29. The van der Waals surface area contributed by atoms with Gasteiger partial charge < -0.3 is 14.4 Å². The van der Waals surface area contributed by atoms with Crippen LogP contribution in [0, 0.1) is 0 Å². The molecule has 0 heterocycles. The molecule has 28 heavy (non-hydrogen) atoms. The third-order valence-electron chi connectivity index (χ3n) is 4.45. The van der Waals surface area contributed by atoms with Crippen molar-refractivity contribution in [1.82, 2.24) is 0 Å². The highest BCUT2D eigenvalue weighted by atomic mass is 31.2. The number of ether oxygens (including phenoxy) is 2. The van der Waals surface area contributed by atoms with E-state index in [0.29, 0.717) is 0 Å². The third-order valence-corrected chi connectivity index (χ3v) is 6.39. The van der Waals surface area contributed by atoms with E-state index < -0.39 is 19.3 Å². The van der Waals surface area contributed by atoms with Crippen molar-refractivity contribution < 1.29 is 28.5 Å². The quantitative estimate of drug-likeness (QED) is 0.142. The maximum absolute atomic E-state index is 12.1. The number of hydrogen-bond acceptors (Lipinski definition) is 5. The van der Waals surface area contributed by atoms with Gasteiger partial charge in [-0.1, -0.05) is 71.3 Å². The first-order valence-electron chi connectivity index (χ1n) is 10.6. The zero-order chi connectivity index (χ0) is 21.3. The highest BCUT2D eigenvalue weighted by molar-refractivity contribution is 7.58. The van der Waals surface area contributed by atoms with Gasteiger partial charge in [-0.3, -0.25) is 9.36 Å². The summed E-state index contributed by atoms with van der Waals surface area (Å²) in [6, 6.07) is 0. The summed E-state index contributed by atoms with van der Waals surface area (Å²) in [6.45, 7) is 7.08. The maximum atomic E-state index is 12.1. The van der Waals surface area contributed by atoms with Crippen LogP contribution >= 0.6 is 7.37 Å². The van der Waals surface area contributed by atoms with Crippen molar-refractivity contribution in [2.75, 3.05) is 25.5 Å². The third kappa shape index (κ3) is 17.0. The Morgan fingerprint density at radius 3 is 1.89 bits per heavy atom. The van der Waals surface area contributed by atoms with Crippen LogP contribution in [-0.2, 0) is 23.6 Å². The van der Waals surface area contributed by atoms with Crippen molar-refractivity contribution in [1.29, 1.82) is 0 Å². The molecule has 164 valence electrons. The monoisotopic (exact) mass is 418 g/mol. The van der Waals surface area contributed by atoms with Crippen LogP contribution in [0.5, 0.6) is 0 Å². The molecule has 0 spiro atoms. The Balaban J connectivity index is 3.63. The van der Waals surface area contributed by atoms with Gasteiger partial charge in [0.05, 0.1) is 6.42 Å². The van der Waals surface area contributed by atoms with E-state index in [1.54, 1.807) is 0 Å². The lowest BCUT2D eigenvalue weighted by Crippen LogP contribution is -2.15. The minimum absolute atomic E-state index is 0.0488. The van der Waals surface area contributed by atoms with Gasteiger partial charge in [0, 0.05) is 17.9 Å². The number of carbonyl (C=O) groups excluding carboxylic acids is 2. The van der Waals surface area contributed by atoms with E-state index in [1.165, 1.54) is 51.9 Å². The van der Waals surface area contributed by atoms with Crippen LogP contribution in [0.1, 0.15) is 84.5 Å². The van der Waals surface area contributed by atoms with Crippen LogP contribution in [0.15, 0.2) is 12.2 Å². The second-order valence-electron chi connectivity index (χ2n) is 7.36. The van der Waals surface area contributed by atoms with Crippen molar-refractivity contribution in [2.45, 2.75) is 84.5 Å². The summed E-state index contributed by atoms with van der Waals surface area (Å²) in [6.07, 6.45) is 11.8. The first-order chi connectivity index (χ1) is 13.3. The normalized spacial score (nSPS) is 13.0. The summed E-state index contributed by atoms with van der Waals surface area (Å²) < 4.78 is 21.8. The molecule has 0 aliphatic rings. The number of esters is 2. The van der Waals surface area contributed by atoms with Crippen LogP contribution in [0.25, 0.3) is 0 Å². The lowest BCUT2D eigenvalue weighted by molar-refractivity contribution is -0.149. The Morgan fingerprint density at radius 2 is 1.36 bits per heavy atom. The lowest BCUT2D eigenvalue weighted by atomic mass is 10.1. The second kappa shape index (κ2) is 16.8. The van der Waals surface area contributed by atoms with Gasteiger partial charge in [-0.15, -0.1) is 0 Å². The number of unbranched alkanes of at least 4 members (excludes halogenated alkanes) is 9. The topological polar surface area (TPSA) is 89.9 Å². The molecule has 0 fully saturated rings. The van der Waals surface area contributed by atoms with Crippen molar-refractivity contribution in [3.05, 3.63) is 12.2 Å². The Bertz CT molecular complexity index is 503. The number of rotatable bonds is 18. The summed E-state index contributed by atoms with van der Waals surface area (Å²) in [5.41, 5.74) is 0.277. The predicted octanol–water partition coefficient (Wildman–Crippen LogP) is 5.23. The summed E-state index contributed by atoms with van der Waals surface area (Å²) in [7, 11) is -3.29. The molecule has 6 nitrogen and oxygen atoms in total. The zero-order valence-corrected chi connectivity index (χ0v) is 18.6. The molecule has 0 saturated heterocycles. The van der Waals surface area contributed by atoms with Crippen LogP contribution in [0.3, 0.4) is 0 Å². The number of carbonyl (C=O) groups is 2. The van der Waals surface area contributed by atoms with Crippen molar-refractivity contribution in [2.24, 2.45) is 0 Å². The highest BCUT2D eigenvalue weighted by Crippen LogP contribution is 2.42. The first kappa shape index (κ1) is 26.9. The molecule has 0 aromatic carbocycles. The zero-order valence-electron chi connectivity index (χ0n) is 17.7. The van der Waals surface area contributed by atoms with Gasteiger partial charge in [0.1, 0.15) is 13.2 Å². The smallest absolute Gasteiger partial charge is 0.333 e. The summed E-state index contributed by atoms with van der Waals surface area (Å²) in [4.78, 5) is 32.7. The number of hydrogen-bond donors (Lipinski definition) is 1. The fraction of sp³-hybridized carbons (Fsp3) is 0.810. The fourth-order valence-electron chi connectivity index (χ4n) is 2.71. The Hall–Kier alpha value is -1.13. The molecule has 1 atom stereocenters. The molecule has 1 N–H and O–H groups in total. The van der Waals surface area contributed by atoms with Crippen molar-refractivity contribution in [3.63, 3.8) is 0 Å². The molecule has 0 aromatic rings. The van der Waals surface area contributed by atoms with E-state index in [9.17, 15) is 19.0 Å². The molecule has 0 bridgehead atoms. The molecule has 0 radical (unpaired) electrons. The minimum Gasteiger partial charge on any atom is -0.462 e. The second-order valence-corrected chi connectivity index (χ2v) is 9.95. The summed E-state index contributed by atoms with van der Waals surface area (Å²) in [5, 5.41) is 0. The molecule has 0 aliphatic heterocycles. The maximum Gasteiger partial charge on any atom is 0.333 e. The molecule has 0 amide bonds. The van der Waals surface area contributed by atoms with Gasteiger partial charge in [0.15, 0.2) is 0 Å². The lowest BCUT2D eigenvalue weighted by Gasteiger charge is -2.11. The SMILES string of the molecule is C=C(C)C(=O)OCCOC(=O)CCP(=O)(O)CCCCCCCCCCCC. The molecule has 0 aromatic heterocycles. The molecule has 7 heteroatoms. The molecule has 0 rings (SSSR count). The van der Waals surface area contributed by atoms with Crippen molar-refractivity contribution >= 4 is 19.3 Å². The Morgan fingerprint density at radius 1 is 0.857 bits per heavy atom. The van der Waals surface area contributed by atoms with Gasteiger partial charge in [-0.05, 0) is 13.3 Å². The van der Waals surface area contributed by atoms with Crippen LogP contribution in [0.4, 0.5) is 0 Å². The average Bonchev–Trinajstić information content (AvgIpc) is 2.64. The van der Waals surface area contributed by atoms with Gasteiger partial charge in [-0.2, -0.15) is 0 Å². The molecule has 0 saturated carbocycles. The largest absolute Gasteiger partial charge is 0.462 e. The van der Waals surface area contributed by atoms with Crippen LogP contribution in [-0.4, -0.2) is 42.4 Å². The van der Waals surface area contributed by atoms with E-state index in [2.05, 4.69) is 13.5 Å². The van der Waals surface area contributed by atoms with E-state index in [-0.39, 0.29) is 37.5 Å². The van der Waals surface area contributed by atoms with Gasteiger partial charge in [0.2, 0.25) is 7.37 Å². The summed E-state index contributed by atoms with van der Waals surface area (Å²) in [5.74, 6) is -1.09. The molecule has 0 aliphatic carbocycles. The average molecular weight is 419 g/mol. The van der Waals surface area contributed by atoms with E-state index in [1.807, 2.05) is 0 Å². The molecular formula is C21H39O6P. The Kier molecular flexibility index (Phi) is 16.1. The standard InChI is InChI=1S/C21H39O6P/c1-4-5-6-7-8-9-10-11-12-13-17-28(24,25)18-14-20(22)26-15-16-27-21(23)19(2)3/h2,4-18H2,1,3H3,(H,24,25). The first-order valence-corrected chi connectivity index (χ1v) is 12.6. The predicted molar refractivity (Wildman–Crippen MR) is 113 cm³/mol. The summed E-state index contributed by atoms with van der Waals surface area (Å²) >= 11 is 0.